The van der Waals surface area contributed by atoms with E-state index in [-0.39, 0.29) is 11.4 Å². The molecule has 0 saturated heterocycles. The third-order valence-electron chi connectivity index (χ3n) is 2.89. The van der Waals surface area contributed by atoms with Gasteiger partial charge in [-0.25, -0.2) is 13.1 Å². The number of benzene rings is 1. The zero-order valence-electron chi connectivity index (χ0n) is 12.0. The summed E-state index contributed by atoms with van der Waals surface area (Å²) in [6, 6.07) is 4.81. The van der Waals surface area contributed by atoms with E-state index in [0.717, 1.165) is 5.56 Å². The summed E-state index contributed by atoms with van der Waals surface area (Å²) in [5, 5.41) is 10.0. The van der Waals surface area contributed by atoms with E-state index in [2.05, 4.69) is 20.1 Å². The summed E-state index contributed by atoms with van der Waals surface area (Å²) in [5.41, 5.74) is 1.50. The Morgan fingerprint density at radius 2 is 2.19 bits per heavy atom. The van der Waals surface area contributed by atoms with Gasteiger partial charge in [0.05, 0.1) is 23.4 Å². The maximum Gasteiger partial charge on any atom is 0.240 e. The van der Waals surface area contributed by atoms with Gasteiger partial charge in [-0.2, -0.15) is 15.4 Å². The van der Waals surface area contributed by atoms with Crippen LogP contribution in [-0.4, -0.2) is 37.0 Å². The van der Waals surface area contributed by atoms with Gasteiger partial charge in [-0.3, -0.25) is 0 Å². The molecule has 114 valence electrons. The first kappa shape index (κ1) is 15.5. The smallest absolute Gasteiger partial charge is 0.240 e. The molecule has 0 amide bonds. The summed E-state index contributed by atoms with van der Waals surface area (Å²) >= 11 is 0. The monoisotopic (exact) mass is 310 g/mol. The van der Waals surface area contributed by atoms with Gasteiger partial charge in [0, 0.05) is 13.0 Å². The molecule has 0 aliphatic rings. The van der Waals surface area contributed by atoms with Crippen molar-refractivity contribution < 1.29 is 13.2 Å². The number of nitrogens with zero attached hydrogens (tertiary/aromatic N) is 2. The standard InChI is InChI=1S/C13H18N4O3S/c1-3-20-13-5-4-12(8-10(13)2)21(18,19)15-7-6-11-9-14-17-16-11/h4-5,8-9,15H,3,6-7H2,1-2H3,(H,14,16,17). The van der Waals surface area contributed by atoms with E-state index in [0.29, 0.717) is 24.5 Å². The zero-order chi connectivity index (χ0) is 15.3. The number of rotatable bonds is 7. The van der Waals surface area contributed by atoms with E-state index < -0.39 is 10.0 Å². The quantitative estimate of drug-likeness (QED) is 0.796. The fraction of sp³-hybridized carbons (Fsp3) is 0.385. The Hall–Kier alpha value is -1.93. The van der Waals surface area contributed by atoms with Crippen molar-refractivity contribution >= 4 is 10.0 Å². The molecule has 8 heteroatoms. The van der Waals surface area contributed by atoms with Crippen LogP contribution in [0.25, 0.3) is 0 Å². The molecule has 2 rings (SSSR count). The third-order valence-corrected chi connectivity index (χ3v) is 4.35. The minimum absolute atomic E-state index is 0.226. The highest BCUT2D eigenvalue weighted by molar-refractivity contribution is 7.89. The molecule has 0 atom stereocenters. The van der Waals surface area contributed by atoms with Crippen LogP contribution in [0, 0.1) is 6.92 Å². The van der Waals surface area contributed by atoms with E-state index in [1.165, 1.54) is 6.07 Å². The van der Waals surface area contributed by atoms with Gasteiger partial charge in [-0.1, -0.05) is 0 Å². The summed E-state index contributed by atoms with van der Waals surface area (Å²) in [6.45, 7) is 4.51. The maximum atomic E-state index is 12.2. The normalized spacial score (nSPS) is 11.5. The SMILES string of the molecule is CCOc1ccc(S(=O)(=O)NCCc2cn[nH]n2)cc1C. The molecular weight excluding hydrogens is 292 g/mol. The van der Waals surface area contributed by atoms with Crippen molar-refractivity contribution in [1.29, 1.82) is 0 Å². The number of aromatic amines is 1. The van der Waals surface area contributed by atoms with Crippen LogP contribution >= 0.6 is 0 Å². The predicted octanol–water partition coefficient (Wildman–Crippen LogP) is 1.03. The fourth-order valence-electron chi connectivity index (χ4n) is 1.85. The molecule has 0 aliphatic heterocycles. The van der Waals surface area contributed by atoms with Crippen molar-refractivity contribution in [2.75, 3.05) is 13.2 Å². The second-order valence-corrected chi connectivity index (χ2v) is 6.24. The van der Waals surface area contributed by atoms with Crippen LogP contribution in [0.1, 0.15) is 18.2 Å². The number of H-pyrrole nitrogens is 1. The summed E-state index contributed by atoms with van der Waals surface area (Å²) in [5.74, 6) is 0.694. The first-order chi connectivity index (χ1) is 10.0. The Labute approximate surface area is 123 Å². The molecule has 21 heavy (non-hydrogen) atoms. The van der Waals surface area contributed by atoms with E-state index in [1.54, 1.807) is 18.3 Å². The predicted molar refractivity (Wildman–Crippen MR) is 77.6 cm³/mol. The van der Waals surface area contributed by atoms with Crippen LogP contribution in [0.4, 0.5) is 0 Å². The molecule has 0 radical (unpaired) electrons. The van der Waals surface area contributed by atoms with E-state index in [4.69, 9.17) is 4.74 Å². The number of hydrogen-bond donors (Lipinski definition) is 2. The van der Waals surface area contributed by atoms with E-state index >= 15 is 0 Å². The molecule has 0 fully saturated rings. The van der Waals surface area contributed by atoms with Crippen molar-refractivity contribution in [2.24, 2.45) is 0 Å². The number of nitrogens with one attached hydrogen (secondary N) is 2. The van der Waals surface area contributed by atoms with Crippen LogP contribution in [0.2, 0.25) is 0 Å². The van der Waals surface area contributed by atoms with Gasteiger partial charge in [0.1, 0.15) is 5.75 Å². The largest absolute Gasteiger partial charge is 0.494 e. The van der Waals surface area contributed by atoms with Crippen molar-refractivity contribution in [3.8, 4) is 5.75 Å². The lowest BCUT2D eigenvalue weighted by molar-refractivity contribution is 0.337. The van der Waals surface area contributed by atoms with Gasteiger partial charge in [0.2, 0.25) is 10.0 Å². The molecule has 1 aromatic heterocycles. The Morgan fingerprint density at radius 3 is 2.81 bits per heavy atom. The Morgan fingerprint density at radius 1 is 1.38 bits per heavy atom. The van der Waals surface area contributed by atoms with Crippen molar-refractivity contribution in [3.05, 3.63) is 35.7 Å². The number of sulfonamides is 1. The average Bonchev–Trinajstić information content (AvgIpc) is 2.94. The van der Waals surface area contributed by atoms with Gasteiger partial charge in [-0.15, -0.1) is 0 Å². The van der Waals surface area contributed by atoms with Crippen LogP contribution in [0.3, 0.4) is 0 Å². The molecular formula is C13H18N4O3S. The van der Waals surface area contributed by atoms with Crippen molar-refractivity contribution in [2.45, 2.75) is 25.2 Å². The fourth-order valence-corrected chi connectivity index (χ4v) is 2.97. The molecule has 0 unspecified atom stereocenters. The van der Waals surface area contributed by atoms with Crippen LogP contribution < -0.4 is 9.46 Å². The van der Waals surface area contributed by atoms with Crippen molar-refractivity contribution in [1.82, 2.24) is 20.1 Å². The summed E-state index contributed by atoms with van der Waals surface area (Å²) < 4.78 is 32.3. The van der Waals surface area contributed by atoms with Gasteiger partial charge >= 0.3 is 0 Å². The number of hydrogen-bond acceptors (Lipinski definition) is 5. The Bertz CT molecular complexity index is 683. The highest BCUT2D eigenvalue weighted by atomic mass is 32.2. The highest BCUT2D eigenvalue weighted by Crippen LogP contribution is 2.21. The van der Waals surface area contributed by atoms with Gasteiger partial charge in [0.15, 0.2) is 0 Å². The Balaban J connectivity index is 2.03. The molecule has 0 saturated carbocycles. The van der Waals surface area contributed by atoms with Crippen molar-refractivity contribution in [3.63, 3.8) is 0 Å². The third kappa shape index (κ3) is 4.02. The van der Waals surface area contributed by atoms with E-state index in [1.807, 2.05) is 13.8 Å². The average molecular weight is 310 g/mol. The second-order valence-electron chi connectivity index (χ2n) is 4.47. The first-order valence-electron chi connectivity index (χ1n) is 6.60. The first-order valence-corrected chi connectivity index (χ1v) is 8.09. The zero-order valence-corrected chi connectivity index (χ0v) is 12.8. The maximum absolute atomic E-state index is 12.2. The summed E-state index contributed by atoms with van der Waals surface area (Å²) in [4.78, 5) is 0.226. The molecule has 7 nitrogen and oxygen atoms in total. The van der Waals surface area contributed by atoms with Gasteiger partial charge in [0.25, 0.3) is 0 Å². The summed E-state index contributed by atoms with van der Waals surface area (Å²) in [7, 11) is -3.53. The summed E-state index contributed by atoms with van der Waals surface area (Å²) in [6.07, 6.45) is 2.04. The molecule has 0 spiro atoms. The van der Waals surface area contributed by atoms with Crippen LogP contribution in [0.15, 0.2) is 29.3 Å². The Kier molecular flexibility index (Phi) is 4.92. The van der Waals surface area contributed by atoms with Gasteiger partial charge < -0.3 is 4.74 Å². The lowest BCUT2D eigenvalue weighted by Crippen LogP contribution is -2.26. The highest BCUT2D eigenvalue weighted by Gasteiger charge is 2.15. The molecule has 0 bridgehead atoms. The lowest BCUT2D eigenvalue weighted by atomic mass is 10.2. The van der Waals surface area contributed by atoms with Crippen LogP contribution in [0.5, 0.6) is 5.75 Å². The number of ether oxygens (including phenoxy) is 1. The minimum Gasteiger partial charge on any atom is -0.494 e. The van der Waals surface area contributed by atoms with Crippen LogP contribution in [-0.2, 0) is 16.4 Å². The van der Waals surface area contributed by atoms with E-state index in [9.17, 15) is 8.42 Å². The number of aromatic nitrogens is 3. The molecule has 0 aliphatic carbocycles. The number of aryl methyl sites for hydroxylation is 1. The molecule has 1 aromatic carbocycles. The van der Waals surface area contributed by atoms with Gasteiger partial charge in [-0.05, 0) is 37.6 Å². The molecule has 2 aromatic rings. The topological polar surface area (TPSA) is 97.0 Å². The lowest BCUT2D eigenvalue weighted by Gasteiger charge is -2.10. The molecule has 1 heterocycles. The minimum atomic E-state index is -3.53. The second kappa shape index (κ2) is 6.68. The molecule has 2 N–H and O–H groups in total.